The second-order valence-electron chi connectivity index (χ2n) is 6.87. The van der Waals surface area contributed by atoms with Gasteiger partial charge in [0.1, 0.15) is 12.1 Å². The summed E-state index contributed by atoms with van der Waals surface area (Å²) < 4.78 is 0. The van der Waals surface area contributed by atoms with E-state index in [1.165, 1.54) is 4.90 Å². The summed E-state index contributed by atoms with van der Waals surface area (Å²) >= 11 is 0. The van der Waals surface area contributed by atoms with Crippen molar-refractivity contribution < 1.29 is 14.4 Å². The Bertz CT molecular complexity index is 950. The van der Waals surface area contributed by atoms with Gasteiger partial charge in [0.25, 0.3) is 5.91 Å². The Morgan fingerprint density at radius 3 is 2.39 bits per heavy atom. The maximum absolute atomic E-state index is 12.9. The minimum Gasteiger partial charge on any atom is -0.340 e. The van der Waals surface area contributed by atoms with Crippen molar-refractivity contribution in [2.24, 2.45) is 0 Å². The molecule has 1 fully saturated rings. The standard InChI is InChI=1S/C21H20N4O3/c1-21(17-10-8-15(12-22)9-11-17)19(27)25(20(28)23-21)14-18(26)24(2)13-16-6-4-3-5-7-16/h3-11H,13-14H2,1-2H3,(H,23,28). The van der Waals surface area contributed by atoms with Crippen molar-refractivity contribution in [2.45, 2.75) is 19.0 Å². The van der Waals surface area contributed by atoms with Crippen molar-refractivity contribution >= 4 is 17.8 Å². The molecule has 7 nitrogen and oxygen atoms in total. The lowest BCUT2D eigenvalue weighted by Crippen LogP contribution is -2.43. The molecule has 7 heteroatoms. The fourth-order valence-electron chi connectivity index (χ4n) is 3.12. The zero-order valence-corrected chi connectivity index (χ0v) is 15.7. The summed E-state index contributed by atoms with van der Waals surface area (Å²) in [6.45, 7) is 1.64. The maximum Gasteiger partial charge on any atom is 0.325 e. The second kappa shape index (κ2) is 7.53. The van der Waals surface area contributed by atoms with Crippen molar-refractivity contribution in [1.82, 2.24) is 15.1 Å². The Morgan fingerprint density at radius 2 is 1.79 bits per heavy atom. The van der Waals surface area contributed by atoms with Gasteiger partial charge in [-0.05, 0) is 30.2 Å². The van der Waals surface area contributed by atoms with Crippen LogP contribution in [0.25, 0.3) is 0 Å². The zero-order valence-electron chi connectivity index (χ0n) is 15.7. The zero-order chi connectivity index (χ0) is 20.3. The normalized spacial score (nSPS) is 18.5. The minimum absolute atomic E-state index is 0.333. The van der Waals surface area contributed by atoms with Crippen LogP contribution in [0.2, 0.25) is 0 Å². The number of likely N-dealkylation sites (N-methyl/N-ethyl adjacent to an activating group) is 1. The van der Waals surface area contributed by atoms with E-state index in [1.54, 1.807) is 38.2 Å². The molecule has 0 spiro atoms. The van der Waals surface area contributed by atoms with Gasteiger partial charge in [0.2, 0.25) is 5.91 Å². The molecule has 28 heavy (non-hydrogen) atoms. The predicted octanol–water partition coefficient (Wildman–Crippen LogP) is 1.98. The molecule has 1 atom stereocenters. The number of urea groups is 1. The topological polar surface area (TPSA) is 93.5 Å². The van der Waals surface area contributed by atoms with Crippen molar-refractivity contribution in [3.63, 3.8) is 0 Å². The van der Waals surface area contributed by atoms with Gasteiger partial charge in [-0.3, -0.25) is 14.5 Å². The van der Waals surface area contributed by atoms with E-state index in [0.717, 1.165) is 10.5 Å². The third kappa shape index (κ3) is 3.58. The summed E-state index contributed by atoms with van der Waals surface area (Å²) in [5.74, 6) is -0.833. The van der Waals surface area contributed by atoms with Crippen LogP contribution in [0.5, 0.6) is 0 Å². The quantitative estimate of drug-likeness (QED) is 0.808. The van der Waals surface area contributed by atoms with Crippen LogP contribution in [-0.2, 0) is 21.7 Å². The summed E-state index contributed by atoms with van der Waals surface area (Å²) in [7, 11) is 1.63. The molecule has 2 aromatic carbocycles. The van der Waals surface area contributed by atoms with Gasteiger partial charge in [-0.25, -0.2) is 4.79 Å². The molecule has 0 aliphatic carbocycles. The molecule has 3 rings (SSSR count). The molecular formula is C21H20N4O3. The first kappa shape index (κ1) is 19.1. The lowest BCUT2D eigenvalue weighted by atomic mass is 9.91. The van der Waals surface area contributed by atoms with Crippen molar-refractivity contribution in [3.8, 4) is 6.07 Å². The van der Waals surface area contributed by atoms with Crippen molar-refractivity contribution in [3.05, 3.63) is 71.3 Å². The van der Waals surface area contributed by atoms with E-state index in [-0.39, 0.29) is 12.5 Å². The molecule has 2 aromatic rings. The van der Waals surface area contributed by atoms with Crippen LogP contribution < -0.4 is 5.32 Å². The first-order valence-corrected chi connectivity index (χ1v) is 8.78. The molecular weight excluding hydrogens is 356 g/mol. The number of amides is 4. The highest BCUT2D eigenvalue weighted by Crippen LogP contribution is 2.29. The number of nitriles is 1. The summed E-state index contributed by atoms with van der Waals surface area (Å²) in [5.41, 5.74) is 0.692. The maximum atomic E-state index is 12.9. The number of hydrogen-bond donors (Lipinski definition) is 1. The molecule has 1 saturated heterocycles. The van der Waals surface area contributed by atoms with E-state index in [0.29, 0.717) is 17.7 Å². The molecule has 1 N–H and O–H groups in total. The Morgan fingerprint density at radius 1 is 1.14 bits per heavy atom. The molecule has 1 aliphatic rings. The number of carbonyl (C=O) groups excluding carboxylic acids is 3. The number of carbonyl (C=O) groups is 3. The van der Waals surface area contributed by atoms with Crippen LogP contribution in [0.1, 0.15) is 23.6 Å². The van der Waals surface area contributed by atoms with Gasteiger partial charge in [-0.15, -0.1) is 0 Å². The van der Waals surface area contributed by atoms with Gasteiger partial charge in [0, 0.05) is 13.6 Å². The van der Waals surface area contributed by atoms with Crippen LogP contribution >= 0.6 is 0 Å². The third-order valence-corrected chi connectivity index (χ3v) is 4.85. The highest BCUT2D eigenvalue weighted by atomic mass is 16.2. The summed E-state index contributed by atoms with van der Waals surface area (Å²) in [5, 5.41) is 11.6. The molecule has 0 bridgehead atoms. The lowest BCUT2D eigenvalue weighted by molar-refractivity contribution is -0.138. The molecule has 1 unspecified atom stereocenters. The Balaban J connectivity index is 1.72. The first-order chi connectivity index (χ1) is 13.3. The Hall–Kier alpha value is -3.66. The summed E-state index contributed by atoms with van der Waals surface area (Å²) in [6, 6.07) is 17.3. The molecule has 0 aromatic heterocycles. The van der Waals surface area contributed by atoms with Gasteiger partial charge < -0.3 is 10.2 Å². The predicted molar refractivity (Wildman–Crippen MR) is 102 cm³/mol. The number of nitrogens with zero attached hydrogens (tertiary/aromatic N) is 3. The molecule has 1 heterocycles. The minimum atomic E-state index is -1.27. The smallest absolute Gasteiger partial charge is 0.325 e. The second-order valence-corrected chi connectivity index (χ2v) is 6.87. The van der Waals surface area contributed by atoms with Gasteiger partial charge in [0.15, 0.2) is 0 Å². The molecule has 142 valence electrons. The number of hydrogen-bond acceptors (Lipinski definition) is 4. The largest absolute Gasteiger partial charge is 0.340 e. The highest BCUT2D eigenvalue weighted by Gasteiger charge is 2.49. The fraction of sp³-hybridized carbons (Fsp3) is 0.238. The Kier molecular flexibility index (Phi) is 5.14. The van der Waals surface area contributed by atoms with E-state index in [9.17, 15) is 14.4 Å². The van der Waals surface area contributed by atoms with Gasteiger partial charge in [0.05, 0.1) is 11.6 Å². The van der Waals surface area contributed by atoms with Crippen LogP contribution in [0.3, 0.4) is 0 Å². The fourth-order valence-corrected chi connectivity index (χ4v) is 3.12. The van der Waals surface area contributed by atoms with Crippen LogP contribution in [0.15, 0.2) is 54.6 Å². The number of rotatable bonds is 5. The Labute approximate surface area is 163 Å². The van der Waals surface area contributed by atoms with E-state index in [2.05, 4.69) is 5.32 Å². The third-order valence-electron chi connectivity index (χ3n) is 4.85. The average molecular weight is 376 g/mol. The molecule has 0 saturated carbocycles. The van der Waals surface area contributed by atoms with E-state index in [4.69, 9.17) is 5.26 Å². The summed E-state index contributed by atoms with van der Waals surface area (Å²) in [6.07, 6.45) is 0. The highest BCUT2D eigenvalue weighted by molar-refractivity contribution is 6.09. The lowest BCUT2D eigenvalue weighted by Gasteiger charge is -2.23. The molecule has 0 radical (unpaired) electrons. The van der Waals surface area contributed by atoms with Crippen LogP contribution in [0, 0.1) is 11.3 Å². The van der Waals surface area contributed by atoms with Gasteiger partial charge >= 0.3 is 6.03 Å². The summed E-state index contributed by atoms with van der Waals surface area (Å²) in [4.78, 5) is 40.3. The number of nitrogens with one attached hydrogen (secondary N) is 1. The monoisotopic (exact) mass is 376 g/mol. The van der Waals surface area contributed by atoms with E-state index < -0.39 is 17.5 Å². The van der Waals surface area contributed by atoms with E-state index >= 15 is 0 Å². The first-order valence-electron chi connectivity index (χ1n) is 8.78. The number of imide groups is 1. The van der Waals surface area contributed by atoms with E-state index in [1.807, 2.05) is 36.4 Å². The molecule has 4 amide bonds. The van der Waals surface area contributed by atoms with Crippen molar-refractivity contribution in [2.75, 3.05) is 13.6 Å². The van der Waals surface area contributed by atoms with Crippen molar-refractivity contribution in [1.29, 1.82) is 5.26 Å². The SMILES string of the molecule is CN(Cc1ccccc1)C(=O)CN1C(=O)NC(C)(c2ccc(C#N)cc2)C1=O. The van der Waals surface area contributed by atoms with Gasteiger partial charge in [-0.2, -0.15) is 5.26 Å². The van der Waals surface area contributed by atoms with Crippen LogP contribution in [-0.4, -0.2) is 41.2 Å². The number of benzene rings is 2. The van der Waals surface area contributed by atoms with Gasteiger partial charge in [-0.1, -0.05) is 42.5 Å². The average Bonchev–Trinajstić information content (AvgIpc) is 2.92. The van der Waals surface area contributed by atoms with Crippen LogP contribution in [0.4, 0.5) is 4.79 Å². The molecule has 1 aliphatic heterocycles.